The molecule has 3 aromatic carbocycles. The fraction of sp³-hybridized carbons (Fsp3) is 0.366. The quantitative estimate of drug-likeness (QED) is 0.0942. The molecule has 318 valence electrons. The van der Waals surface area contributed by atoms with E-state index in [1.54, 1.807) is 60.7 Å². The van der Waals surface area contributed by atoms with Gasteiger partial charge in [0, 0.05) is 37.8 Å². The van der Waals surface area contributed by atoms with E-state index in [9.17, 15) is 40.9 Å². The van der Waals surface area contributed by atoms with Crippen molar-refractivity contribution in [3.63, 3.8) is 0 Å². The summed E-state index contributed by atoms with van der Waals surface area (Å²) in [4.78, 5) is 47.4. The molecule has 0 unspecified atom stereocenters. The van der Waals surface area contributed by atoms with Crippen molar-refractivity contribution in [3.05, 3.63) is 136 Å². The Morgan fingerprint density at radius 3 is 2.10 bits per heavy atom. The van der Waals surface area contributed by atoms with Gasteiger partial charge in [-0.1, -0.05) is 72.8 Å². The molecule has 0 radical (unpaired) electrons. The van der Waals surface area contributed by atoms with Gasteiger partial charge in [0.2, 0.25) is 5.91 Å². The third kappa shape index (κ3) is 10.1. The number of hydrogen-bond acceptors (Lipinski definition) is 8. The number of phosphoric ester groups is 1. The summed E-state index contributed by atoms with van der Waals surface area (Å²) in [5.74, 6) is -4.28. The third-order valence-electron chi connectivity index (χ3n) is 10.6. The lowest BCUT2D eigenvalue weighted by Crippen LogP contribution is -2.54. The van der Waals surface area contributed by atoms with E-state index >= 15 is 0 Å². The number of imidazole rings is 1. The van der Waals surface area contributed by atoms with Crippen molar-refractivity contribution < 1.29 is 49.7 Å². The maximum atomic E-state index is 14.7. The van der Waals surface area contributed by atoms with Gasteiger partial charge in [-0.25, -0.2) is 27.9 Å². The highest BCUT2D eigenvalue weighted by Crippen LogP contribution is 2.51. The fourth-order valence-electron chi connectivity index (χ4n) is 7.58. The minimum Gasteiger partial charge on any atom is -0.331 e. The number of nitrogens with zero attached hydrogens (tertiary/aromatic N) is 5. The van der Waals surface area contributed by atoms with Crippen LogP contribution in [0.15, 0.2) is 102 Å². The van der Waals surface area contributed by atoms with Crippen LogP contribution in [0.4, 0.5) is 26.7 Å². The number of pyridine rings is 1. The molecule has 1 N–H and O–H groups in total. The fourth-order valence-corrected chi connectivity index (χ4v) is 8.68. The van der Waals surface area contributed by atoms with Crippen molar-refractivity contribution in [2.45, 2.75) is 69.8 Å². The molecule has 4 heterocycles. The Balaban J connectivity index is 1.03. The van der Waals surface area contributed by atoms with Gasteiger partial charge in [-0.2, -0.15) is 13.2 Å². The first-order valence-corrected chi connectivity index (χ1v) is 20.8. The van der Waals surface area contributed by atoms with Crippen molar-refractivity contribution in [3.8, 4) is 0 Å². The van der Waals surface area contributed by atoms with Crippen molar-refractivity contribution >= 4 is 30.9 Å². The average Bonchev–Trinajstić information content (AvgIpc) is 3.44. The van der Waals surface area contributed by atoms with Gasteiger partial charge >= 0.3 is 25.7 Å². The summed E-state index contributed by atoms with van der Waals surface area (Å²) in [6, 6.07) is 22.3. The van der Waals surface area contributed by atoms with Crippen LogP contribution in [0, 0.1) is 11.6 Å². The normalized spacial score (nSPS) is 18.2. The molecule has 0 aliphatic carbocycles. The molecule has 2 aliphatic rings. The first kappa shape index (κ1) is 42.7. The smallest absolute Gasteiger partial charge is 0.331 e. The predicted molar refractivity (Wildman–Crippen MR) is 208 cm³/mol. The molecular formula is C41H42F5N6O7P. The summed E-state index contributed by atoms with van der Waals surface area (Å²) in [7, 11) is -4.28. The number of alkyl halides is 3. The summed E-state index contributed by atoms with van der Waals surface area (Å²) >= 11 is 0. The highest BCUT2D eigenvalue weighted by molar-refractivity contribution is 7.48. The lowest BCUT2D eigenvalue weighted by atomic mass is 9.93. The second-order valence-corrected chi connectivity index (χ2v) is 16.3. The Morgan fingerprint density at radius 2 is 1.47 bits per heavy atom. The molecule has 60 heavy (non-hydrogen) atoms. The van der Waals surface area contributed by atoms with Crippen LogP contribution in [0.1, 0.15) is 54.3 Å². The molecule has 2 aliphatic heterocycles. The zero-order valence-electron chi connectivity index (χ0n) is 32.2. The monoisotopic (exact) mass is 856 g/mol. The second kappa shape index (κ2) is 18.5. The Morgan fingerprint density at radius 1 is 0.817 bits per heavy atom. The van der Waals surface area contributed by atoms with E-state index in [1.807, 2.05) is 12.1 Å². The molecule has 2 fully saturated rings. The highest BCUT2D eigenvalue weighted by Gasteiger charge is 2.41. The Bertz CT molecular complexity index is 2340. The molecule has 19 heteroatoms. The zero-order chi connectivity index (χ0) is 42.4. The Hall–Kier alpha value is -5.42. The van der Waals surface area contributed by atoms with Crippen LogP contribution >= 0.6 is 7.82 Å². The number of phosphoric acid groups is 1. The molecule has 2 saturated heterocycles. The van der Waals surface area contributed by atoms with Gasteiger partial charge in [-0.3, -0.25) is 27.5 Å². The van der Waals surface area contributed by atoms with Crippen molar-refractivity contribution in [1.29, 1.82) is 0 Å². The number of likely N-dealkylation sites (tertiary alicyclic amines) is 2. The van der Waals surface area contributed by atoms with Crippen LogP contribution < -0.4 is 11.0 Å². The summed E-state index contributed by atoms with van der Waals surface area (Å²) in [6.07, 6.45) is -2.83. The van der Waals surface area contributed by atoms with E-state index in [0.29, 0.717) is 10.4 Å². The van der Waals surface area contributed by atoms with Gasteiger partial charge in [0.1, 0.15) is 19.3 Å². The number of halogens is 5. The molecule has 13 nitrogen and oxygen atoms in total. The summed E-state index contributed by atoms with van der Waals surface area (Å²) < 4.78 is 104. The summed E-state index contributed by atoms with van der Waals surface area (Å²) in [5.41, 5.74) is 1.46. The number of urea groups is 1. The van der Waals surface area contributed by atoms with Crippen molar-refractivity contribution in [2.75, 3.05) is 26.2 Å². The zero-order valence-corrected chi connectivity index (χ0v) is 33.1. The van der Waals surface area contributed by atoms with Crippen molar-refractivity contribution in [2.24, 2.45) is 0 Å². The molecule has 2 aromatic heterocycles. The van der Waals surface area contributed by atoms with Gasteiger partial charge in [-0.05, 0) is 60.6 Å². The molecule has 5 aromatic rings. The number of rotatable bonds is 13. The first-order valence-electron chi connectivity index (χ1n) is 19.3. The minimum atomic E-state index is -4.78. The van der Waals surface area contributed by atoms with E-state index in [4.69, 9.17) is 13.6 Å². The largest absolute Gasteiger partial charge is 0.477 e. The number of piperidine rings is 1. The number of aromatic nitrogens is 3. The summed E-state index contributed by atoms with van der Waals surface area (Å²) in [5, 5.41) is 2.58. The molecule has 0 spiro atoms. The minimum absolute atomic E-state index is 0.00593. The van der Waals surface area contributed by atoms with Crippen LogP contribution in [-0.2, 0) is 42.9 Å². The van der Waals surface area contributed by atoms with E-state index in [2.05, 4.69) is 10.3 Å². The molecule has 0 saturated carbocycles. The van der Waals surface area contributed by atoms with Crippen LogP contribution in [0.3, 0.4) is 0 Å². The number of hydrogen-bond donors (Lipinski definition) is 1. The first-order chi connectivity index (χ1) is 28.8. The molecular weight excluding hydrogens is 814 g/mol. The van der Waals surface area contributed by atoms with E-state index < -0.39 is 81.1 Å². The standard InChI is InChI=1S/C41H42F5N6O7P/c42-33-14-7-13-32(36(33)43)30-16-17-34(38(53)50(23-30)26-41(44,45)46)48-39(54)49-21-18-31(19-22-49)52-35-15-8-20-47-37(35)51(40(52)55)27-59-60(56,57-24-28-9-3-1-4-10-28)58-25-29-11-5-2-6-12-29/h1-15,20,30-31,34H,16-19,21-27H2,(H,48,54)/t30-,34-/m1/s1. The topological polar surface area (TPSA) is 137 Å². The van der Waals surface area contributed by atoms with Gasteiger partial charge in [0.25, 0.3) is 0 Å². The van der Waals surface area contributed by atoms with E-state index in [-0.39, 0.29) is 63.2 Å². The van der Waals surface area contributed by atoms with Crippen LogP contribution in [0.5, 0.6) is 0 Å². The number of fused-ring (bicyclic) bond motifs is 1. The average molecular weight is 857 g/mol. The van der Waals surface area contributed by atoms with Crippen LogP contribution in [-0.4, -0.2) is 74.3 Å². The number of nitrogens with one attached hydrogen (secondary N) is 1. The van der Waals surface area contributed by atoms with Gasteiger partial charge in [-0.15, -0.1) is 0 Å². The van der Waals surface area contributed by atoms with E-state index in [1.165, 1.54) is 32.4 Å². The maximum absolute atomic E-state index is 14.7. The number of carbonyl (C=O) groups excluding carboxylic acids is 2. The van der Waals surface area contributed by atoms with Crippen LogP contribution in [0.2, 0.25) is 0 Å². The van der Waals surface area contributed by atoms with E-state index in [0.717, 1.165) is 17.2 Å². The van der Waals surface area contributed by atoms with Crippen LogP contribution in [0.25, 0.3) is 11.2 Å². The summed E-state index contributed by atoms with van der Waals surface area (Å²) in [6.45, 7) is -2.63. The van der Waals surface area contributed by atoms with Gasteiger partial charge in [0.05, 0.1) is 18.7 Å². The highest BCUT2D eigenvalue weighted by atomic mass is 31.2. The Labute approximate surface area is 341 Å². The molecule has 0 bridgehead atoms. The number of amides is 3. The molecule has 3 amide bonds. The maximum Gasteiger partial charge on any atom is 0.477 e. The Kier molecular flexibility index (Phi) is 13.1. The van der Waals surface area contributed by atoms with Gasteiger partial charge < -0.3 is 15.1 Å². The second-order valence-electron chi connectivity index (χ2n) is 14.6. The lowest BCUT2D eigenvalue weighted by molar-refractivity contribution is -0.162. The lowest BCUT2D eigenvalue weighted by Gasteiger charge is -2.34. The third-order valence-corrected chi connectivity index (χ3v) is 11.9. The predicted octanol–water partition coefficient (Wildman–Crippen LogP) is 7.68. The number of carbonyl (C=O) groups is 2. The molecule has 2 atom stereocenters. The molecule has 7 rings (SSSR count). The SMILES string of the molecule is O=C(N[C@@H]1CC[C@@H](c2cccc(F)c2F)CN(CC(F)(F)F)C1=O)N1CCC(n2c(=O)n(COP(=O)(OCc3ccccc3)OCc3ccccc3)c3ncccc32)CC1. The number of benzene rings is 3. The van der Waals surface area contributed by atoms with Gasteiger partial charge in [0.15, 0.2) is 17.3 Å². The van der Waals surface area contributed by atoms with Crippen molar-refractivity contribution in [1.82, 2.24) is 29.2 Å².